The Hall–Kier alpha value is -2.59. The van der Waals surface area contributed by atoms with Crippen LogP contribution in [0.1, 0.15) is 27.7 Å². The molecule has 0 unspecified atom stereocenters. The Morgan fingerprint density at radius 1 is 1.12 bits per heavy atom. The first-order chi connectivity index (χ1) is 11.7. The number of aryl methyl sites for hydroxylation is 1. The van der Waals surface area contributed by atoms with Crippen LogP contribution >= 0.6 is 0 Å². The van der Waals surface area contributed by atoms with Crippen molar-refractivity contribution in [3.8, 4) is 0 Å². The predicted octanol–water partition coefficient (Wildman–Crippen LogP) is 3.69. The Morgan fingerprint density at radius 2 is 1.88 bits per heavy atom. The minimum Gasteiger partial charge on any atom is -0.370 e. The summed E-state index contributed by atoms with van der Waals surface area (Å²) in [7, 11) is 0. The zero-order valence-electron chi connectivity index (χ0n) is 13.7. The second-order valence-electron chi connectivity index (χ2n) is 6.19. The standard InChI is InChI=1S/C20H20N2O2/c1-14-19(16-9-5-6-10-17(16)21-14)20(23)22-11-12-24-18(13-22)15-7-3-2-4-8-15/h2-10,18,21H,11-13H2,1H3/t18-/m1/s1. The van der Waals surface area contributed by atoms with Crippen LogP contribution < -0.4 is 0 Å². The van der Waals surface area contributed by atoms with Gasteiger partial charge in [-0.15, -0.1) is 0 Å². The molecule has 1 aliphatic rings. The number of fused-ring (bicyclic) bond motifs is 1. The van der Waals surface area contributed by atoms with E-state index in [9.17, 15) is 4.79 Å². The number of rotatable bonds is 2. The molecule has 1 atom stereocenters. The summed E-state index contributed by atoms with van der Waals surface area (Å²) in [4.78, 5) is 18.3. The summed E-state index contributed by atoms with van der Waals surface area (Å²) in [5.41, 5.74) is 3.82. The summed E-state index contributed by atoms with van der Waals surface area (Å²) in [6.07, 6.45) is -0.0607. The molecule has 2 heterocycles. The van der Waals surface area contributed by atoms with Gasteiger partial charge in [-0.1, -0.05) is 48.5 Å². The van der Waals surface area contributed by atoms with Crippen molar-refractivity contribution in [2.45, 2.75) is 13.0 Å². The molecule has 1 aromatic heterocycles. The summed E-state index contributed by atoms with van der Waals surface area (Å²) >= 11 is 0. The van der Waals surface area contributed by atoms with Gasteiger partial charge in [-0.05, 0) is 18.6 Å². The molecule has 4 rings (SSSR count). The average Bonchev–Trinajstić information content (AvgIpc) is 2.97. The van der Waals surface area contributed by atoms with Crippen LogP contribution in [0.4, 0.5) is 0 Å². The molecular formula is C20H20N2O2. The van der Waals surface area contributed by atoms with Crippen molar-refractivity contribution in [3.63, 3.8) is 0 Å². The van der Waals surface area contributed by atoms with Gasteiger partial charge in [0.25, 0.3) is 5.91 Å². The molecule has 122 valence electrons. The molecule has 0 bridgehead atoms. The lowest BCUT2D eigenvalue weighted by molar-refractivity contribution is -0.0227. The van der Waals surface area contributed by atoms with E-state index in [-0.39, 0.29) is 12.0 Å². The maximum atomic E-state index is 13.1. The smallest absolute Gasteiger partial charge is 0.256 e. The Morgan fingerprint density at radius 3 is 2.71 bits per heavy atom. The number of hydrogen-bond acceptors (Lipinski definition) is 2. The molecule has 4 nitrogen and oxygen atoms in total. The maximum absolute atomic E-state index is 13.1. The number of ether oxygens (including phenoxy) is 1. The van der Waals surface area contributed by atoms with Gasteiger partial charge in [-0.2, -0.15) is 0 Å². The second kappa shape index (κ2) is 6.13. The van der Waals surface area contributed by atoms with Crippen molar-refractivity contribution < 1.29 is 9.53 Å². The third-order valence-electron chi connectivity index (χ3n) is 4.63. The van der Waals surface area contributed by atoms with Gasteiger partial charge >= 0.3 is 0 Å². The van der Waals surface area contributed by atoms with Gasteiger partial charge in [-0.3, -0.25) is 4.79 Å². The van der Waals surface area contributed by atoms with Crippen LogP contribution in [0.15, 0.2) is 54.6 Å². The van der Waals surface area contributed by atoms with Crippen LogP contribution in [0, 0.1) is 6.92 Å². The Labute approximate surface area is 141 Å². The zero-order chi connectivity index (χ0) is 16.5. The Bertz CT molecular complexity index is 870. The highest BCUT2D eigenvalue weighted by atomic mass is 16.5. The number of hydrogen-bond donors (Lipinski definition) is 1. The number of nitrogens with one attached hydrogen (secondary N) is 1. The number of morpholine rings is 1. The Balaban J connectivity index is 1.63. The molecule has 2 aromatic carbocycles. The van der Waals surface area contributed by atoms with Gasteiger partial charge in [0.1, 0.15) is 6.10 Å². The lowest BCUT2D eigenvalue weighted by Crippen LogP contribution is -2.42. The molecule has 24 heavy (non-hydrogen) atoms. The number of para-hydroxylation sites is 1. The van der Waals surface area contributed by atoms with Gasteiger partial charge in [0, 0.05) is 23.1 Å². The highest BCUT2D eigenvalue weighted by Crippen LogP contribution is 2.27. The fourth-order valence-corrected chi connectivity index (χ4v) is 3.41. The number of aromatic nitrogens is 1. The Kier molecular flexibility index (Phi) is 3.82. The van der Waals surface area contributed by atoms with Crippen LogP contribution in [0.5, 0.6) is 0 Å². The van der Waals surface area contributed by atoms with E-state index in [1.807, 2.05) is 54.3 Å². The summed E-state index contributed by atoms with van der Waals surface area (Å²) in [5.74, 6) is 0.0779. The van der Waals surface area contributed by atoms with E-state index >= 15 is 0 Å². The zero-order valence-corrected chi connectivity index (χ0v) is 13.7. The van der Waals surface area contributed by atoms with E-state index in [1.165, 1.54) is 0 Å². The summed E-state index contributed by atoms with van der Waals surface area (Å²) in [6, 6.07) is 18.1. The largest absolute Gasteiger partial charge is 0.370 e. The molecule has 0 spiro atoms. The first-order valence-electron chi connectivity index (χ1n) is 8.27. The fourth-order valence-electron chi connectivity index (χ4n) is 3.41. The maximum Gasteiger partial charge on any atom is 0.256 e. The van der Waals surface area contributed by atoms with Gasteiger partial charge < -0.3 is 14.6 Å². The molecule has 3 aromatic rings. The van der Waals surface area contributed by atoms with E-state index in [2.05, 4.69) is 17.1 Å². The van der Waals surface area contributed by atoms with Crippen molar-refractivity contribution in [1.82, 2.24) is 9.88 Å². The van der Waals surface area contributed by atoms with Crippen molar-refractivity contribution in [3.05, 3.63) is 71.4 Å². The molecule has 1 amide bonds. The minimum absolute atomic E-state index is 0.0607. The lowest BCUT2D eigenvalue weighted by Gasteiger charge is -2.33. The fraction of sp³-hybridized carbons (Fsp3) is 0.250. The summed E-state index contributed by atoms with van der Waals surface area (Å²) < 4.78 is 5.88. The number of H-pyrrole nitrogens is 1. The highest BCUT2D eigenvalue weighted by molar-refractivity contribution is 6.08. The third-order valence-corrected chi connectivity index (χ3v) is 4.63. The number of carbonyl (C=O) groups is 1. The van der Waals surface area contributed by atoms with Crippen LogP contribution in [0.3, 0.4) is 0 Å². The van der Waals surface area contributed by atoms with Crippen molar-refractivity contribution in [2.75, 3.05) is 19.7 Å². The van der Waals surface area contributed by atoms with E-state index < -0.39 is 0 Å². The second-order valence-corrected chi connectivity index (χ2v) is 6.19. The highest BCUT2D eigenvalue weighted by Gasteiger charge is 2.28. The number of aromatic amines is 1. The molecule has 1 fully saturated rings. The summed E-state index contributed by atoms with van der Waals surface area (Å²) in [5, 5.41) is 0.989. The number of nitrogens with zero attached hydrogens (tertiary/aromatic N) is 1. The topological polar surface area (TPSA) is 45.3 Å². The molecule has 1 aliphatic heterocycles. The monoisotopic (exact) mass is 320 g/mol. The molecule has 0 aliphatic carbocycles. The minimum atomic E-state index is -0.0607. The van der Waals surface area contributed by atoms with Crippen LogP contribution in [-0.4, -0.2) is 35.5 Å². The number of amides is 1. The van der Waals surface area contributed by atoms with Crippen LogP contribution in [0.25, 0.3) is 10.9 Å². The van der Waals surface area contributed by atoms with Crippen molar-refractivity contribution in [1.29, 1.82) is 0 Å². The van der Waals surface area contributed by atoms with Crippen LogP contribution in [-0.2, 0) is 4.74 Å². The normalized spacial score (nSPS) is 18.0. The molecule has 0 saturated carbocycles. The molecule has 1 N–H and O–H groups in total. The quantitative estimate of drug-likeness (QED) is 0.783. The van der Waals surface area contributed by atoms with Gasteiger partial charge in [0.15, 0.2) is 0 Å². The third kappa shape index (κ3) is 2.59. The van der Waals surface area contributed by atoms with E-state index in [1.54, 1.807) is 0 Å². The SMILES string of the molecule is Cc1[nH]c2ccccc2c1C(=O)N1CCO[C@@H](c2ccccc2)C1. The lowest BCUT2D eigenvalue weighted by atomic mass is 10.1. The van der Waals surface area contributed by atoms with E-state index in [0.717, 1.165) is 27.7 Å². The molecule has 1 saturated heterocycles. The average molecular weight is 320 g/mol. The van der Waals surface area contributed by atoms with Gasteiger partial charge in [0.05, 0.1) is 18.7 Å². The van der Waals surface area contributed by atoms with Crippen molar-refractivity contribution >= 4 is 16.8 Å². The molecule has 4 heteroatoms. The molecule has 0 radical (unpaired) electrons. The molecular weight excluding hydrogens is 300 g/mol. The van der Waals surface area contributed by atoms with E-state index in [4.69, 9.17) is 4.74 Å². The van der Waals surface area contributed by atoms with Crippen LogP contribution in [0.2, 0.25) is 0 Å². The van der Waals surface area contributed by atoms with Crippen molar-refractivity contribution in [2.24, 2.45) is 0 Å². The first-order valence-corrected chi connectivity index (χ1v) is 8.27. The first kappa shape index (κ1) is 15.0. The number of benzene rings is 2. The van der Waals surface area contributed by atoms with Gasteiger partial charge in [-0.25, -0.2) is 0 Å². The van der Waals surface area contributed by atoms with E-state index in [0.29, 0.717) is 19.7 Å². The number of carbonyl (C=O) groups excluding carboxylic acids is 1. The predicted molar refractivity (Wildman–Crippen MR) is 94.1 cm³/mol. The van der Waals surface area contributed by atoms with Gasteiger partial charge in [0.2, 0.25) is 0 Å². The summed E-state index contributed by atoms with van der Waals surface area (Å²) in [6.45, 7) is 3.73.